The third-order valence-corrected chi connectivity index (χ3v) is 19.2. The van der Waals surface area contributed by atoms with E-state index in [4.69, 9.17) is 47.9 Å². The van der Waals surface area contributed by atoms with Crippen molar-refractivity contribution in [2.45, 2.75) is 144 Å². The molecule has 5 heterocycles. The Morgan fingerprint density at radius 1 is 0.323 bits per heavy atom. The summed E-state index contributed by atoms with van der Waals surface area (Å²) in [6.45, 7) is 24.7. The van der Waals surface area contributed by atoms with Crippen LogP contribution in [0.25, 0.3) is 78.9 Å². The molecule has 15 heteroatoms. The van der Waals surface area contributed by atoms with Crippen LogP contribution in [0.15, 0.2) is 233 Å². The molecule has 0 spiro atoms. The third-order valence-electron chi connectivity index (χ3n) is 18.2. The number of halogens is 2. The van der Waals surface area contributed by atoms with Gasteiger partial charge < -0.3 is 27.9 Å². The summed E-state index contributed by atoms with van der Waals surface area (Å²) in [4.78, 5) is 19.5. The maximum absolute atomic E-state index is 6.26. The SMILES string of the molecule is Brc1ccc2c(c1)-c1ccccc1C2.Brc1cccc(-c2nc(-c3ccccc3)cc(-c3ccccc3)n2)c1.C.C.CC1(C)OB(CB2OC(C)(C)C(C)(C)O2)OC1(C)C.CC1(C)OB(c2cccc(-c3nc(-c4ccccc4)cc(-c4ccccc4)n3)c2)OC1(C)C. The highest BCUT2D eigenvalue weighted by atomic mass is 79.9. The number of hydrogen-bond acceptors (Lipinski definition) is 10. The average Bonchev–Trinajstić information content (AvgIpc) is 1.70. The van der Waals surface area contributed by atoms with Crippen molar-refractivity contribution >= 4 is 58.7 Å². The van der Waals surface area contributed by atoms with Crippen molar-refractivity contribution in [3.8, 4) is 78.9 Å². The van der Waals surface area contributed by atoms with Gasteiger partial charge in [0.15, 0.2) is 11.6 Å². The summed E-state index contributed by atoms with van der Waals surface area (Å²) in [5.41, 5.74) is 14.4. The van der Waals surface area contributed by atoms with Crippen molar-refractivity contribution in [3.63, 3.8) is 0 Å². The molecular weight excluding hydrogens is 1280 g/mol. The second kappa shape index (κ2) is 28.8. The Morgan fingerprint density at radius 2 is 0.656 bits per heavy atom. The molecule has 93 heavy (non-hydrogen) atoms. The normalized spacial score (nSPS) is 16.9. The summed E-state index contributed by atoms with van der Waals surface area (Å²) in [5.74, 6) is 1.40. The third kappa shape index (κ3) is 16.2. The quantitative estimate of drug-likeness (QED) is 0.130. The Bertz CT molecular complexity index is 3960. The van der Waals surface area contributed by atoms with E-state index < -0.39 is 18.3 Å². The van der Waals surface area contributed by atoms with Crippen molar-refractivity contribution in [1.29, 1.82) is 0 Å². The summed E-state index contributed by atoms with van der Waals surface area (Å²) in [7, 11) is -0.986. The first-order chi connectivity index (χ1) is 43.3. The van der Waals surface area contributed by atoms with Crippen LogP contribution in [0.1, 0.15) is 109 Å². The highest BCUT2D eigenvalue weighted by molar-refractivity contribution is 9.10. The van der Waals surface area contributed by atoms with Crippen LogP contribution in [0, 0.1) is 0 Å². The molecule has 1 aliphatic carbocycles. The van der Waals surface area contributed by atoms with Crippen LogP contribution in [0.2, 0.25) is 6.22 Å². The standard InChI is InChI=1S/C28H27BN2O2.C22H15BrN2.C13H26B2O4.C13H9Br.2CH4/c1-27(2)28(3,4)33-29(32-27)23-17-11-16-22(18-23)26-30-24(20-12-7-5-8-13-20)19-25(31-26)21-14-9-6-10-15-21;23-19-13-7-12-18(14-19)22-24-20(16-8-3-1-4-9-16)15-21(25-22)17-10-5-2-6-11-17;1-10(2)11(3,4)17-14(16-10)9-15-18-12(5,6)13(7,8)19-15;14-11-6-5-10-7-9-3-1-2-4-12(9)13(10)8-11;;/h5-19H,1-4H3;1-15H;9H2,1-8H3;1-6,8H,7H2;2*1H4. The Balaban J connectivity index is 0.000000152. The monoisotopic (exact) mass is 1360 g/mol. The van der Waals surface area contributed by atoms with Gasteiger partial charge in [-0.3, -0.25) is 0 Å². The number of rotatable bonds is 9. The highest BCUT2D eigenvalue weighted by Crippen LogP contribution is 2.43. The van der Waals surface area contributed by atoms with Gasteiger partial charge in [-0.2, -0.15) is 0 Å². The molecule has 0 radical (unpaired) electrons. The fourth-order valence-electron chi connectivity index (χ4n) is 11.0. The van der Waals surface area contributed by atoms with E-state index in [-0.39, 0.29) is 51.5 Å². The summed E-state index contributed by atoms with van der Waals surface area (Å²) >= 11 is 7.05. The average molecular weight is 1370 g/mol. The molecule has 10 aromatic rings. The number of fused-ring (bicyclic) bond motifs is 3. The molecule has 0 bridgehead atoms. The summed E-state index contributed by atoms with van der Waals surface area (Å²) in [6.07, 6.45) is 1.68. The molecular formula is C78H85B3Br2N4O6. The lowest BCUT2D eigenvalue weighted by atomic mass is 9.64. The zero-order valence-corrected chi connectivity index (χ0v) is 57.2. The van der Waals surface area contributed by atoms with Crippen molar-refractivity contribution in [2.75, 3.05) is 0 Å². The Morgan fingerprint density at radius 3 is 1.06 bits per heavy atom. The van der Waals surface area contributed by atoms with E-state index in [1.54, 1.807) is 0 Å². The van der Waals surface area contributed by atoms with E-state index in [0.717, 1.165) is 82.8 Å². The van der Waals surface area contributed by atoms with Crippen LogP contribution < -0.4 is 5.46 Å². The van der Waals surface area contributed by atoms with Gasteiger partial charge in [0.1, 0.15) is 0 Å². The summed E-state index contributed by atoms with van der Waals surface area (Å²) in [5, 5.41) is 0. The van der Waals surface area contributed by atoms with Crippen molar-refractivity contribution in [3.05, 3.63) is 245 Å². The van der Waals surface area contributed by atoms with Crippen LogP contribution >= 0.6 is 31.9 Å². The van der Waals surface area contributed by atoms with E-state index in [1.807, 2.05) is 127 Å². The van der Waals surface area contributed by atoms with Gasteiger partial charge in [0.2, 0.25) is 0 Å². The number of aromatic nitrogens is 4. The van der Waals surface area contributed by atoms with Gasteiger partial charge in [0.25, 0.3) is 0 Å². The maximum Gasteiger partial charge on any atom is 0.494 e. The Hall–Kier alpha value is -7.17. The lowest BCUT2D eigenvalue weighted by molar-refractivity contribution is 0.00578. The predicted octanol–water partition coefficient (Wildman–Crippen LogP) is 20.0. The van der Waals surface area contributed by atoms with Crippen LogP contribution in [0.4, 0.5) is 0 Å². The molecule has 0 N–H and O–H groups in total. The zero-order chi connectivity index (χ0) is 64.3. The molecule has 0 amide bonds. The minimum absolute atomic E-state index is 0. The number of hydrogen-bond donors (Lipinski definition) is 0. The van der Waals surface area contributed by atoms with Crippen molar-refractivity contribution < 1.29 is 27.9 Å². The second-order valence-corrected chi connectivity index (χ2v) is 28.2. The second-order valence-electron chi connectivity index (χ2n) is 26.4. The molecule has 4 aliphatic rings. The van der Waals surface area contributed by atoms with Gasteiger partial charge in [0.05, 0.1) is 56.4 Å². The van der Waals surface area contributed by atoms with Crippen LogP contribution in [-0.2, 0) is 34.3 Å². The first-order valence-corrected chi connectivity index (χ1v) is 32.7. The smallest absolute Gasteiger partial charge is 0.404 e. The lowest BCUT2D eigenvalue weighted by Crippen LogP contribution is -2.41. The maximum atomic E-state index is 6.26. The molecule has 14 rings (SSSR count). The van der Waals surface area contributed by atoms with E-state index in [0.29, 0.717) is 12.0 Å². The van der Waals surface area contributed by atoms with E-state index >= 15 is 0 Å². The van der Waals surface area contributed by atoms with Crippen LogP contribution in [0.3, 0.4) is 0 Å². The van der Waals surface area contributed by atoms with Crippen molar-refractivity contribution in [1.82, 2.24) is 19.9 Å². The van der Waals surface area contributed by atoms with Gasteiger partial charge in [0, 0.05) is 48.5 Å². The van der Waals surface area contributed by atoms with Gasteiger partial charge in [-0.05, 0) is 154 Å². The van der Waals surface area contributed by atoms with Gasteiger partial charge >= 0.3 is 21.4 Å². The highest BCUT2D eigenvalue weighted by Gasteiger charge is 2.57. The molecule has 476 valence electrons. The first kappa shape index (κ1) is 70.2. The van der Waals surface area contributed by atoms with Crippen molar-refractivity contribution in [2.24, 2.45) is 0 Å². The van der Waals surface area contributed by atoms with Gasteiger partial charge in [-0.15, -0.1) is 0 Å². The van der Waals surface area contributed by atoms with Crippen LogP contribution in [0.5, 0.6) is 0 Å². The molecule has 10 nitrogen and oxygen atoms in total. The molecule has 3 saturated heterocycles. The van der Waals surface area contributed by atoms with Crippen LogP contribution in [-0.4, -0.2) is 74.9 Å². The molecule has 0 unspecified atom stereocenters. The lowest BCUT2D eigenvalue weighted by Gasteiger charge is -2.32. The molecule has 2 aromatic heterocycles. The van der Waals surface area contributed by atoms with E-state index in [2.05, 4.69) is 212 Å². The molecule has 3 aliphatic heterocycles. The van der Waals surface area contributed by atoms with E-state index in [9.17, 15) is 0 Å². The fourth-order valence-corrected chi connectivity index (χ4v) is 11.7. The largest absolute Gasteiger partial charge is 0.494 e. The molecule has 0 saturated carbocycles. The molecule has 8 aromatic carbocycles. The summed E-state index contributed by atoms with van der Waals surface area (Å²) < 4.78 is 38.6. The Labute approximate surface area is 570 Å². The van der Waals surface area contributed by atoms with E-state index in [1.165, 1.54) is 22.3 Å². The molecule has 3 fully saturated rings. The topological polar surface area (TPSA) is 107 Å². The number of nitrogens with zero attached hydrogens (tertiary/aromatic N) is 4. The van der Waals surface area contributed by atoms with Gasteiger partial charge in [-0.25, -0.2) is 19.9 Å². The fraction of sp³-hybridized carbons (Fsp3) is 0.282. The minimum atomic E-state index is -0.430. The summed E-state index contributed by atoms with van der Waals surface area (Å²) in [6, 6.07) is 76.3. The predicted molar refractivity (Wildman–Crippen MR) is 393 cm³/mol. The van der Waals surface area contributed by atoms with Gasteiger partial charge in [-0.1, -0.05) is 235 Å². The Kier molecular flexibility index (Phi) is 21.7. The minimum Gasteiger partial charge on any atom is -0.404 e. The molecule has 0 atom stereocenters. The zero-order valence-electron chi connectivity index (χ0n) is 54.0. The first-order valence-electron chi connectivity index (χ1n) is 31.1. The number of benzene rings is 8.